The summed E-state index contributed by atoms with van der Waals surface area (Å²) in [7, 11) is 0. The van der Waals surface area contributed by atoms with E-state index in [1.165, 1.54) is 24.3 Å². The van der Waals surface area contributed by atoms with Gasteiger partial charge in [0.25, 0.3) is 5.69 Å². The number of rotatable bonds is 6. The topological polar surface area (TPSA) is 91.0 Å². The van der Waals surface area contributed by atoms with Gasteiger partial charge in [-0.25, -0.2) is 14.2 Å². The van der Waals surface area contributed by atoms with E-state index in [2.05, 4.69) is 50.2 Å². The number of nitro benzene ring substituents is 1. The van der Waals surface area contributed by atoms with Crippen molar-refractivity contribution in [3.63, 3.8) is 0 Å². The van der Waals surface area contributed by atoms with Crippen molar-refractivity contribution in [1.29, 1.82) is 0 Å². The molecule has 0 bridgehead atoms. The van der Waals surface area contributed by atoms with Crippen molar-refractivity contribution < 1.29 is 23.6 Å². The van der Waals surface area contributed by atoms with E-state index in [0.717, 1.165) is 7.14 Å². The molecule has 3 aromatic carbocycles. The number of non-ortho nitro benzene ring substituents is 1. The quantitative estimate of drug-likeness (QED) is 0.0959. The van der Waals surface area contributed by atoms with Gasteiger partial charge in [-0.3, -0.25) is 10.1 Å². The lowest BCUT2D eigenvalue weighted by Crippen LogP contribution is -2.06. The highest BCUT2D eigenvalue weighted by atomic mass is 127. The van der Waals surface area contributed by atoms with Gasteiger partial charge in [-0.05, 0) is 81.1 Å². The molecule has 0 fully saturated rings. The zero-order valence-corrected chi connectivity index (χ0v) is 22.0. The Bertz CT molecular complexity index is 1370. The lowest BCUT2D eigenvalue weighted by Gasteiger charge is -2.12. The van der Waals surface area contributed by atoms with Crippen LogP contribution >= 0.6 is 56.8 Å². The van der Waals surface area contributed by atoms with Gasteiger partial charge in [-0.1, -0.05) is 29.8 Å². The molecule has 0 aliphatic carbocycles. The van der Waals surface area contributed by atoms with Crippen molar-refractivity contribution in [2.24, 2.45) is 4.99 Å². The Morgan fingerprint density at radius 2 is 1.85 bits per heavy atom. The molecule has 1 aliphatic rings. The van der Waals surface area contributed by atoms with Crippen LogP contribution in [0, 0.1) is 23.1 Å². The maximum Gasteiger partial charge on any atom is 0.363 e. The molecule has 0 saturated heterocycles. The van der Waals surface area contributed by atoms with E-state index < -0.39 is 10.9 Å². The maximum atomic E-state index is 13.9. The fraction of sp³-hybridized carbons (Fsp3) is 0.0435. The molecule has 1 aliphatic heterocycles. The number of carbonyl (C=O) groups is 1. The van der Waals surface area contributed by atoms with Crippen molar-refractivity contribution in [3.8, 4) is 5.75 Å². The fourth-order valence-corrected chi connectivity index (χ4v) is 5.42. The summed E-state index contributed by atoms with van der Waals surface area (Å²) in [5, 5.41) is 10.9. The number of hydrogen-bond donors (Lipinski definition) is 0. The van der Waals surface area contributed by atoms with Crippen LogP contribution in [-0.4, -0.2) is 16.8 Å². The normalized spacial score (nSPS) is 14.2. The van der Waals surface area contributed by atoms with Gasteiger partial charge in [-0.2, -0.15) is 0 Å². The van der Waals surface area contributed by atoms with E-state index in [1.807, 2.05) is 0 Å². The first-order valence-corrected chi connectivity index (χ1v) is 12.1. The smallest absolute Gasteiger partial charge is 0.363 e. The Morgan fingerprint density at radius 3 is 2.50 bits per heavy atom. The van der Waals surface area contributed by atoms with Gasteiger partial charge < -0.3 is 9.47 Å². The Kier molecular flexibility index (Phi) is 7.48. The number of hydrogen-bond acceptors (Lipinski definition) is 6. The third-order valence-corrected chi connectivity index (χ3v) is 6.58. The molecule has 7 nitrogen and oxygen atoms in total. The van der Waals surface area contributed by atoms with Crippen molar-refractivity contribution in [2.45, 2.75) is 6.61 Å². The number of nitro groups is 1. The molecule has 0 atom stereocenters. The largest absolute Gasteiger partial charge is 0.487 e. The molecular formula is C23H12ClFI2N2O5. The number of benzene rings is 3. The molecule has 1 heterocycles. The molecule has 0 unspecified atom stereocenters. The molecule has 34 heavy (non-hydrogen) atoms. The first-order valence-electron chi connectivity index (χ1n) is 9.55. The second kappa shape index (κ2) is 10.4. The molecule has 0 radical (unpaired) electrons. The van der Waals surface area contributed by atoms with Crippen LogP contribution in [0.3, 0.4) is 0 Å². The predicted octanol–water partition coefficient (Wildman–Crippen LogP) is 6.52. The Morgan fingerprint density at radius 1 is 1.15 bits per heavy atom. The lowest BCUT2D eigenvalue weighted by molar-refractivity contribution is -0.384. The number of esters is 1. The van der Waals surface area contributed by atoms with E-state index in [0.29, 0.717) is 16.9 Å². The number of carbonyl (C=O) groups excluding carboxylic acids is 1. The van der Waals surface area contributed by atoms with Gasteiger partial charge >= 0.3 is 5.97 Å². The molecular weight excluding hydrogens is 693 g/mol. The molecule has 11 heteroatoms. The minimum Gasteiger partial charge on any atom is -0.487 e. The summed E-state index contributed by atoms with van der Waals surface area (Å²) in [4.78, 5) is 26.9. The highest BCUT2D eigenvalue weighted by Crippen LogP contribution is 2.32. The fourth-order valence-electron chi connectivity index (χ4n) is 3.04. The van der Waals surface area contributed by atoms with E-state index in [4.69, 9.17) is 21.1 Å². The number of nitrogens with zero attached hydrogens (tertiary/aromatic N) is 2. The lowest BCUT2D eigenvalue weighted by atomic mass is 10.2. The first kappa shape index (κ1) is 24.5. The van der Waals surface area contributed by atoms with Gasteiger partial charge in [0.15, 0.2) is 5.70 Å². The monoisotopic (exact) mass is 704 g/mol. The van der Waals surface area contributed by atoms with Crippen LogP contribution in [0.15, 0.2) is 65.3 Å². The van der Waals surface area contributed by atoms with Crippen molar-refractivity contribution in [2.75, 3.05) is 0 Å². The standard InChI is InChI=1S/C23H12ClFI2N2O5/c24-16-10-14(29(31)32)5-6-15(16)22-28-20(23(30)34-22)9-12-7-18(26)21(19(27)8-12)33-11-13-3-1-2-4-17(13)25/h1-10H,11H2/b20-9-. The molecule has 0 N–H and O–H groups in total. The summed E-state index contributed by atoms with van der Waals surface area (Å²) in [6.07, 6.45) is 1.56. The summed E-state index contributed by atoms with van der Waals surface area (Å²) in [5.74, 6) is -0.447. The van der Waals surface area contributed by atoms with E-state index in [9.17, 15) is 19.3 Å². The third-order valence-electron chi connectivity index (χ3n) is 4.67. The average molecular weight is 705 g/mol. The van der Waals surface area contributed by atoms with Crippen molar-refractivity contribution >= 4 is 80.4 Å². The summed E-state index contributed by atoms with van der Waals surface area (Å²) < 4.78 is 26.5. The predicted molar refractivity (Wildman–Crippen MR) is 141 cm³/mol. The van der Waals surface area contributed by atoms with Crippen LogP contribution in [0.25, 0.3) is 6.08 Å². The van der Waals surface area contributed by atoms with E-state index >= 15 is 0 Å². The summed E-state index contributed by atoms with van der Waals surface area (Å²) in [6.45, 7) is 0.0785. The van der Waals surface area contributed by atoms with Gasteiger partial charge in [0.05, 0.1) is 22.6 Å². The average Bonchev–Trinajstić information content (AvgIpc) is 3.14. The van der Waals surface area contributed by atoms with Crippen LogP contribution < -0.4 is 4.74 Å². The minimum atomic E-state index is -0.672. The van der Waals surface area contributed by atoms with Crippen LogP contribution in [0.4, 0.5) is 10.1 Å². The highest BCUT2D eigenvalue weighted by Gasteiger charge is 2.26. The zero-order valence-electron chi connectivity index (χ0n) is 16.9. The van der Waals surface area contributed by atoms with Crippen molar-refractivity contribution in [3.05, 3.63) is 105 Å². The first-order chi connectivity index (χ1) is 16.2. The van der Waals surface area contributed by atoms with E-state index in [-0.39, 0.29) is 40.3 Å². The van der Waals surface area contributed by atoms with Crippen LogP contribution in [0.1, 0.15) is 16.7 Å². The van der Waals surface area contributed by atoms with Gasteiger partial charge in [0.1, 0.15) is 18.2 Å². The number of cyclic esters (lactones) is 1. The third kappa shape index (κ3) is 5.39. The molecule has 172 valence electrons. The Balaban J connectivity index is 1.58. The second-order valence-electron chi connectivity index (χ2n) is 6.95. The molecule has 4 rings (SSSR count). The second-order valence-corrected chi connectivity index (χ2v) is 9.68. The van der Waals surface area contributed by atoms with Gasteiger partial charge in [0, 0.05) is 17.7 Å². The SMILES string of the molecule is O=C1OC(c2ccc([N+](=O)[O-])cc2Cl)=N/C1=C\c1cc(I)c(OCc2ccccc2F)c(I)c1. The zero-order chi connectivity index (χ0) is 24.4. The number of ether oxygens (including phenoxy) is 2. The van der Waals surface area contributed by atoms with Crippen LogP contribution in [0.5, 0.6) is 5.75 Å². The van der Waals surface area contributed by atoms with Gasteiger partial charge in [0.2, 0.25) is 5.90 Å². The highest BCUT2D eigenvalue weighted by molar-refractivity contribution is 14.1. The summed E-state index contributed by atoms with van der Waals surface area (Å²) in [6, 6.07) is 13.8. The molecule has 3 aromatic rings. The molecule has 0 aromatic heterocycles. The Labute approximate surface area is 225 Å². The van der Waals surface area contributed by atoms with E-state index in [1.54, 1.807) is 36.4 Å². The summed E-state index contributed by atoms with van der Waals surface area (Å²) in [5.41, 5.74) is 1.26. The number of aliphatic imine (C=N–C) groups is 1. The maximum absolute atomic E-state index is 13.9. The Hall–Kier alpha value is -2.58. The molecule has 0 amide bonds. The van der Waals surface area contributed by atoms with Crippen LogP contribution in [-0.2, 0) is 16.1 Å². The number of halogens is 4. The van der Waals surface area contributed by atoms with Crippen molar-refractivity contribution in [1.82, 2.24) is 0 Å². The minimum absolute atomic E-state index is 0.0367. The molecule has 0 saturated carbocycles. The van der Waals surface area contributed by atoms with Crippen LogP contribution in [0.2, 0.25) is 5.02 Å². The molecule has 0 spiro atoms. The summed E-state index contributed by atoms with van der Waals surface area (Å²) >= 11 is 10.3. The van der Waals surface area contributed by atoms with Gasteiger partial charge in [-0.15, -0.1) is 0 Å².